The van der Waals surface area contributed by atoms with Gasteiger partial charge in [0.05, 0.1) is 31.1 Å². The van der Waals surface area contributed by atoms with Crippen molar-refractivity contribution in [3.8, 4) is 0 Å². The van der Waals surface area contributed by atoms with Crippen LogP contribution in [0, 0.1) is 0 Å². The van der Waals surface area contributed by atoms with Gasteiger partial charge in [-0.3, -0.25) is 0 Å². The minimum Gasteiger partial charge on any atom is -0.399 e. The Bertz CT molecular complexity index is 778. The zero-order chi connectivity index (χ0) is 19.2. The van der Waals surface area contributed by atoms with Gasteiger partial charge in [0.2, 0.25) is 0 Å². The summed E-state index contributed by atoms with van der Waals surface area (Å²) in [4.78, 5) is 4.69. The molecule has 3 unspecified atom stereocenters. The molecule has 1 heterocycles. The summed E-state index contributed by atoms with van der Waals surface area (Å²) in [6.07, 6.45) is 2.28. The molecule has 3 atom stereocenters. The van der Waals surface area contributed by atoms with Gasteiger partial charge in [0.15, 0.2) is 0 Å². The van der Waals surface area contributed by atoms with Crippen LogP contribution in [0.4, 0.5) is 0 Å². The van der Waals surface area contributed by atoms with E-state index in [9.17, 15) is 10.2 Å². The molecular formula is C21H24ClNO4. The normalized spacial score (nSPS) is 22.9. The fourth-order valence-electron chi connectivity index (χ4n) is 3.31. The van der Waals surface area contributed by atoms with Gasteiger partial charge in [-0.1, -0.05) is 53.2 Å². The third-order valence-corrected chi connectivity index (χ3v) is 5.07. The fourth-order valence-corrected chi connectivity index (χ4v) is 3.49. The molecule has 0 saturated carbocycles. The average molecular weight is 390 g/mol. The lowest BCUT2D eigenvalue weighted by Crippen LogP contribution is -2.33. The molecule has 144 valence electrons. The van der Waals surface area contributed by atoms with Crippen LogP contribution in [-0.4, -0.2) is 42.4 Å². The van der Waals surface area contributed by atoms with Crippen molar-refractivity contribution >= 4 is 17.8 Å². The molecule has 0 spiro atoms. The Kier molecular flexibility index (Phi) is 6.85. The smallest absolute Gasteiger partial charge is 0.106 e. The first-order valence-electron chi connectivity index (χ1n) is 8.97. The summed E-state index contributed by atoms with van der Waals surface area (Å²) in [6, 6.07) is 13.8. The Hall–Kier alpha value is -1.92. The Balaban J connectivity index is 1.76. The second-order valence-electron chi connectivity index (χ2n) is 6.74. The first-order chi connectivity index (χ1) is 13.1. The van der Waals surface area contributed by atoms with Gasteiger partial charge < -0.3 is 19.8 Å². The Morgan fingerprint density at radius 1 is 1.22 bits per heavy atom. The quantitative estimate of drug-likeness (QED) is 0.586. The van der Waals surface area contributed by atoms with E-state index in [0.717, 1.165) is 22.3 Å². The van der Waals surface area contributed by atoms with Crippen LogP contribution in [0.2, 0.25) is 5.02 Å². The number of rotatable bonds is 6. The molecule has 27 heavy (non-hydrogen) atoms. The third kappa shape index (κ3) is 5.30. The van der Waals surface area contributed by atoms with Gasteiger partial charge in [-0.05, 0) is 34.7 Å². The van der Waals surface area contributed by atoms with Crippen LogP contribution in [-0.2, 0) is 16.0 Å². The zero-order valence-corrected chi connectivity index (χ0v) is 16.0. The Labute approximate surface area is 164 Å². The predicted octanol–water partition coefficient (Wildman–Crippen LogP) is 3.48. The summed E-state index contributed by atoms with van der Waals surface area (Å²) >= 11 is 6.40. The monoisotopic (exact) mass is 389 g/mol. The van der Waals surface area contributed by atoms with Crippen molar-refractivity contribution in [3.05, 3.63) is 69.7 Å². The molecule has 2 aromatic carbocycles. The van der Waals surface area contributed by atoms with E-state index in [-0.39, 0.29) is 18.8 Å². The van der Waals surface area contributed by atoms with Crippen molar-refractivity contribution < 1.29 is 19.8 Å². The predicted molar refractivity (Wildman–Crippen MR) is 105 cm³/mol. The number of ether oxygens (including phenoxy) is 1. The Morgan fingerprint density at radius 2 is 2.00 bits per heavy atom. The van der Waals surface area contributed by atoms with Gasteiger partial charge in [-0.25, -0.2) is 0 Å². The van der Waals surface area contributed by atoms with Crippen LogP contribution in [0.15, 0.2) is 47.6 Å². The maximum atomic E-state index is 10.1. The average Bonchev–Trinajstić information content (AvgIpc) is 2.68. The lowest BCUT2D eigenvalue weighted by molar-refractivity contribution is -0.113. The third-order valence-electron chi connectivity index (χ3n) is 4.70. The standard InChI is InChI=1S/C21H24ClNO4/c1-26-23-12-15-4-2-14(3-5-15)8-17-9-16(6-7-20(17)22)21-11-18(25)10-19(13-24)27-21/h2-7,9,12,18-19,21,24-25H,8,10-11,13H2,1H3/b23-12+. The van der Waals surface area contributed by atoms with Gasteiger partial charge in [0.25, 0.3) is 0 Å². The molecule has 5 nitrogen and oxygen atoms in total. The number of aliphatic hydroxyl groups excluding tert-OH is 2. The molecule has 1 saturated heterocycles. The van der Waals surface area contributed by atoms with Gasteiger partial charge in [-0.15, -0.1) is 0 Å². The van der Waals surface area contributed by atoms with Crippen LogP contribution in [0.25, 0.3) is 0 Å². The number of aliphatic hydroxyl groups is 2. The lowest BCUT2D eigenvalue weighted by Gasteiger charge is -2.32. The van der Waals surface area contributed by atoms with Crippen LogP contribution < -0.4 is 0 Å². The summed E-state index contributed by atoms with van der Waals surface area (Å²) in [6.45, 7) is -0.0905. The van der Waals surface area contributed by atoms with E-state index in [2.05, 4.69) is 9.99 Å². The number of nitrogens with zero attached hydrogens (tertiary/aromatic N) is 1. The van der Waals surface area contributed by atoms with Crippen molar-refractivity contribution in [2.45, 2.75) is 37.6 Å². The van der Waals surface area contributed by atoms with Crippen molar-refractivity contribution in [1.29, 1.82) is 0 Å². The molecule has 3 rings (SSSR count). The van der Waals surface area contributed by atoms with Crippen molar-refractivity contribution in [3.63, 3.8) is 0 Å². The molecule has 0 bridgehead atoms. The first-order valence-corrected chi connectivity index (χ1v) is 9.35. The summed E-state index contributed by atoms with van der Waals surface area (Å²) in [5.41, 5.74) is 4.05. The van der Waals surface area contributed by atoms with E-state index in [4.69, 9.17) is 16.3 Å². The summed E-state index contributed by atoms with van der Waals surface area (Å²) in [5, 5.41) is 23.9. The van der Waals surface area contributed by atoms with Crippen molar-refractivity contribution in [1.82, 2.24) is 0 Å². The van der Waals surface area contributed by atoms with E-state index in [1.165, 1.54) is 7.11 Å². The van der Waals surface area contributed by atoms with E-state index < -0.39 is 6.10 Å². The maximum Gasteiger partial charge on any atom is 0.106 e. The topological polar surface area (TPSA) is 71.3 Å². The second-order valence-corrected chi connectivity index (χ2v) is 7.15. The molecule has 0 aromatic heterocycles. The molecule has 1 aliphatic rings. The molecule has 0 aliphatic carbocycles. The highest BCUT2D eigenvalue weighted by Gasteiger charge is 2.29. The number of halogens is 1. The fraction of sp³-hybridized carbons (Fsp3) is 0.381. The lowest BCUT2D eigenvalue weighted by atomic mass is 9.94. The van der Waals surface area contributed by atoms with Gasteiger partial charge in [0, 0.05) is 17.9 Å². The Morgan fingerprint density at radius 3 is 2.70 bits per heavy atom. The molecule has 1 fully saturated rings. The van der Waals surface area contributed by atoms with Crippen LogP contribution >= 0.6 is 11.6 Å². The summed E-state index contributed by atoms with van der Waals surface area (Å²) in [7, 11) is 1.51. The largest absolute Gasteiger partial charge is 0.399 e. The second kappa shape index (κ2) is 9.33. The number of benzene rings is 2. The molecule has 0 amide bonds. The van der Waals surface area contributed by atoms with Crippen molar-refractivity contribution in [2.75, 3.05) is 13.7 Å². The number of hydrogen-bond acceptors (Lipinski definition) is 5. The van der Waals surface area contributed by atoms with Gasteiger partial charge >= 0.3 is 0 Å². The molecule has 2 N–H and O–H groups in total. The molecular weight excluding hydrogens is 366 g/mol. The van der Waals surface area contributed by atoms with E-state index in [0.29, 0.717) is 24.3 Å². The van der Waals surface area contributed by atoms with Crippen LogP contribution in [0.1, 0.15) is 41.2 Å². The molecule has 6 heteroatoms. The first kappa shape index (κ1) is 19.8. The summed E-state index contributed by atoms with van der Waals surface area (Å²) in [5.74, 6) is 0. The van der Waals surface area contributed by atoms with Crippen molar-refractivity contribution in [2.24, 2.45) is 5.16 Å². The van der Waals surface area contributed by atoms with Crippen LogP contribution in [0.5, 0.6) is 0 Å². The molecule has 2 aromatic rings. The minimum atomic E-state index is -0.471. The maximum absolute atomic E-state index is 10.1. The van der Waals surface area contributed by atoms with E-state index in [1.54, 1.807) is 6.21 Å². The summed E-state index contributed by atoms with van der Waals surface area (Å²) < 4.78 is 5.91. The molecule has 0 radical (unpaired) electrons. The number of oxime groups is 1. The SMILES string of the molecule is CO/N=C/c1ccc(Cc2cc(C3CC(O)CC(CO)O3)ccc2Cl)cc1. The minimum absolute atomic E-state index is 0.0905. The highest BCUT2D eigenvalue weighted by Crippen LogP contribution is 2.33. The molecule has 1 aliphatic heterocycles. The van der Waals surface area contributed by atoms with Gasteiger partial charge in [-0.2, -0.15) is 0 Å². The van der Waals surface area contributed by atoms with E-state index >= 15 is 0 Å². The van der Waals surface area contributed by atoms with Gasteiger partial charge in [0.1, 0.15) is 7.11 Å². The van der Waals surface area contributed by atoms with E-state index in [1.807, 2.05) is 42.5 Å². The highest BCUT2D eigenvalue weighted by molar-refractivity contribution is 6.31. The highest BCUT2D eigenvalue weighted by atomic mass is 35.5. The zero-order valence-electron chi connectivity index (χ0n) is 15.2. The van der Waals surface area contributed by atoms with Crippen LogP contribution in [0.3, 0.4) is 0 Å². The number of hydrogen-bond donors (Lipinski definition) is 2.